The lowest BCUT2D eigenvalue weighted by Gasteiger charge is -2.18. The van der Waals surface area contributed by atoms with Crippen LogP contribution in [-0.4, -0.2) is 26.1 Å². The van der Waals surface area contributed by atoms with Gasteiger partial charge in [-0.05, 0) is 18.2 Å². The molecule has 0 fully saturated rings. The first-order valence-electron chi connectivity index (χ1n) is 4.43. The van der Waals surface area contributed by atoms with Crippen molar-refractivity contribution >= 4 is 5.84 Å². The first-order valence-corrected chi connectivity index (χ1v) is 4.43. The Morgan fingerprint density at radius 2 is 2.00 bits per heavy atom. The number of ether oxygens (including phenoxy) is 2. The molecule has 2 rings (SSSR count). The van der Waals surface area contributed by atoms with Gasteiger partial charge in [-0.3, -0.25) is 4.99 Å². The van der Waals surface area contributed by atoms with E-state index in [1.807, 2.05) is 18.2 Å². The Kier molecular flexibility index (Phi) is 2.26. The van der Waals surface area contributed by atoms with Crippen LogP contribution in [0.5, 0.6) is 11.5 Å². The number of amidine groups is 1. The van der Waals surface area contributed by atoms with E-state index in [0.717, 1.165) is 17.1 Å². The summed E-state index contributed by atoms with van der Waals surface area (Å²) in [6.07, 6.45) is 0. The monoisotopic (exact) mass is 192 g/mol. The van der Waals surface area contributed by atoms with Gasteiger partial charge in [-0.15, -0.1) is 0 Å². The number of rotatable bonds is 1. The van der Waals surface area contributed by atoms with Gasteiger partial charge in [0.1, 0.15) is 19.0 Å². The maximum absolute atomic E-state index is 5.68. The molecule has 0 aromatic heterocycles. The van der Waals surface area contributed by atoms with Gasteiger partial charge in [0.25, 0.3) is 0 Å². The molecule has 0 saturated carbocycles. The van der Waals surface area contributed by atoms with Gasteiger partial charge in [0.15, 0.2) is 11.5 Å². The highest BCUT2D eigenvalue weighted by atomic mass is 16.6. The molecule has 1 aliphatic heterocycles. The van der Waals surface area contributed by atoms with Crippen LogP contribution < -0.4 is 15.2 Å². The van der Waals surface area contributed by atoms with Crippen molar-refractivity contribution in [1.82, 2.24) is 0 Å². The molecule has 74 valence electrons. The van der Waals surface area contributed by atoms with E-state index in [0.29, 0.717) is 19.0 Å². The molecule has 1 aromatic carbocycles. The van der Waals surface area contributed by atoms with Crippen molar-refractivity contribution in [3.63, 3.8) is 0 Å². The number of hydrogen-bond donors (Lipinski definition) is 1. The summed E-state index contributed by atoms with van der Waals surface area (Å²) >= 11 is 0. The summed E-state index contributed by atoms with van der Waals surface area (Å²) in [6, 6.07) is 5.56. The molecule has 1 aliphatic rings. The van der Waals surface area contributed by atoms with Gasteiger partial charge in [-0.2, -0.15) is 0 Å². The fraction of sp³-hybridized carbons (Fsp3) is 0.300. The number of fused-ring (bicyclic) bond motifs is 1. The number of aliphatic imine (C=N–C) groups is 1. The Morgan fingerprint density at radius 3 is 2.71 bits per heavy atom. The molecule has 4 heteroatoms. The number of benzene rings is 1. The topological polar surface area (TPSA) is 56.8 Å². The van der Waals surface area contributed by atoms with E-state index in [-0.39, 0.29) is 0 Å². The van der Waals surface area contributed by atoms with Crippen molar-refractivity contribution in [1.29, 1.82) is 0 Å². The van der Waals surface area contributed by atoms with Gasteiger partial charge in [-0.1, -0.05) is 0 Å². The average Bonchev–Trinajstić information content (AvgIpc) is 2.27. The van der Waals surface area contributed by atoms with Gasteiger partial charge in [0.2, 0.25) is 0 Å². The molecular weight excluding hydrogens is 180 g/mol. The van der Waals surface area contributed by atoms with Crippen molar-refractivity contribution in [2.75, 3.05) is 20.3 Å². The summed E-state index contributed by atoms with van der Waals surface area (Å²) in [5, 5.41) is 0. The minimum atomic E-state index is 0.502. The lowest BCUT2D eigenvalue weighted by molar-refractivity contribution is 0.171. The highest BCUT2D eigenvalue weighted by molar-refractivity contribution is 5.97. The predicted molar refractivity (Wildman–Crippen MR) is 54.1 cm³/mol. The summed E-state index contributed by atoms with van der Waals surface area (Å²) in [7, 11) is 1.66. The van der Waals surface area contributed by atoms with Crippen LogP contribution in [0.4, 0.5) is 0 Å². The van der Waals surface area contributed by atoms with Gasteiger partial charge >= 0.3 is 0 Å². The Labute approximate surface area is 82.3 Å². The number of nitrogens with zero attached hydrogens (tertiary/aromatic N) is 1. The second-order valence-electron chi connectivity index (χ2n) is 2.97. The molecule has 14 heavy (non-hydrogen) atoms. The molecule has 4 nitrogen and oxygen atoms in total. The summed E-state index contributed by atoms with van der Waals surface area (Å²) in [4.78, 5) is 3.91. The van der Waals surface area contributed by atoms with E-state index in [9.17, 15) is 0 Å². The predicted octanol–water partition coefficient (Wildman–Crippen LogP) is 0.793. The lowest BCUT2D eigenvalue weighted by atomic mass is 10.2. The minimum absolute atomic E-state index is 0.502. The maximum atomic E-state index is 5.68. The molecule has 2 N–H and O–H groups in total. The van der Waals surface area contributed by atoms with Crippen LogP contribution in [0, 0.1) is 0 Å². The van der Waals surface area contributed by atoms with Crippen molar-refractivity contribution in [2.24, 2.45) is 10.7 Å². The van der Waals surface area contributed by atoms with Crippen LogP contribution in [0.2, 0.25) is 0 Å². The molecule has 0 aliphatic carbocycles. The summed E-state index contributed by atoms with van der Waals surface area (Å²) in [5.74, 6) is 2.01. The highest BCUT2D eigenvalue weighted by Crippen LogP contribution is 2.30. The van der Waals surface area contributed by atoms with Gasteiger partial charge in [-0.25, -0.2) is 0 Å². The van der Waals surface area contributed by atoms with E-state index in [4.69, 9.17) is 15.2 Å². The molecule has 0 bridgehead atoms. The zero-order valence-electron chi connectivity index (χ0n) is 7.99. The fourth-order valence-corrected chi connectivity index (χ4v) is 1.33. The summed E-state index contributed by atoms with van der Waals surface area (Å²) < 4.78 is 10.8. The van der Waals surface area contributed by atoms with Crippen molar-refractivity contribution in [2.45, 2.75) is 0 Å². The molecule has 0 spiro atoms. The van der Waals surface area contributed by atoms with E-state index < -0.39 is 0 Å². The quantitative estimate of drug-likeness (QED) is 0.528. The normalized spacial score (nSPS) is 15.4. The third-order valence-corrected chi connectivity index (χ3v) is 2.08. The van der Waals surface area contributed by atoms with Gasteiger partial charge < -0.3 is 15.2 Å². The first kappa shape index (κ1) is 8.87. The molecule has 0 saturated heterocycles. The van der Waals surface area contributed by atoms with Crippen LogP contribution in [0.15, 0.2) is 23.2 Å². The molecule has 0 amide bonds. The Morgan fingerprint density at radius 1 is 1.29 bits per heavy atom. The van der Waals surface area contributed by atoms with E-state index in [1.54, 1.807) is 7.05 Å². The fourth-order valence-electron chi connectivity index (χ4n) is 1.33. The molecule has 0 unspecified atom stereocenters. The van der Waals surface area contributed by atoms with E-state index in [1.165, 1.54) is 0 Å². The maximum Gasteiger partial charge on any atom is 0.162 e. The second kappa shape index (κ2) is 3.57. The Hall–Kier alpha value is -1.71. The molecule has 1 aromatic rings. The van der Waals surface area contributed by atoms with Crippen LogP contribution >= 0.6 is 0 Å². The lowest BCUT2D eigenvalue weighted by Crippen LogP contribution is -2.17. The first-order chi connectivity index (χ1) is 6.81. The Bertz CT molecular complexity index is 374. The summed E-state index contributed by atoms with van der Waals surface area (Å²) in [5.41, 5.74) is 6.54. The third-order valence-electron chi connectivity index (χ3n) is 2.08. The van der Waals surface area contributed by atoms with E-state index in [2.05, 4.69) is 4.99 Å². The van der Waals surface area contributed by atoms with Crippen molar-refractivity contribution in [3.05, 3.63) is 23.8 Å². The largest absolute Gasteiger partial charge is 0.486 e. The average molecular weight is 192 g/mol. The zero-order chi connectivity index (χ0) is 9.97. The van der Waals surface area contributed by atoms with Crippen LogP contribution in [0.25, 0.3) is 0 Å². The van der Waals surface area contributed by atoms with Crippen LogP contribution in [-0.2, 0) is 0 Å². The molecule has 1 heterocycles. The second-order valence-corrected chi connectivity index (χ2v) is 2.97. The molecule has 0 radical (unpaired) electrons. The third kappa shape index (κ3) is 1.51. The van der Waals surface area contributed by atoms with Crippen LogP contribution in [0.1, 0.15) is 5.56 Å². The smallest absolute Gasteiger partial charge is 0.162 e. The summed E-state index contributed by atoms with van der Waals surface area (Å²) in [6.45, 7) is 1.18. The molecular formula is C10H12N2O2. The molecule has 0 atom stereocenters. The zero-order valence-corrected chi connectivity index (χ0v) is 7.99. The van der Waals surface area contributed by atoms with Gasteiger partial charge in [0.05, 0.1) is 0 Å². The van der Waals surface area contributed by atoms with Gasteiger partial charge in [0, 0.05) is 12.6 Å². The number of hydrogen-bond acceptors (Lipinski definition) is 3. The Balaban J connectivity index is 2.38. The minimum Gasteiger partial charge on any atom is -0.486 e. The standard InChI is InChI=1S/C10H12N2O2/c1-12-10(11)7-2-3-8-9(6-7)14-5-4-13-8/h2-3,6H,4-5H2,1H3,(H2,11,12). The highest BCUT2D eigenvalue weighted by Gasteiger charge is 2.12. The SMILES string of the molecule is CN=C(N)c1ccc2c(c1)OCCO2. The van der Waals surface area contributed by atoms with E-state index >= 15 is 0 Å². The van der Waals surface area contributed by atoms with Crippen molar-refractivity contribution < 1.29 is 9.47 Å². The van der Waals surface area contributed by atoms with Crippen molar-refractivity contribution in [3.8, 4) is 11.5 Å². The van der Waals surface area contributed by atoms with Crippen LogP contribution in [0.3, 0.4) is 0 Å². The number of nitrogens with two attached hydrogens (primary N) is 1.